The van der Waals surface area contributed by atoms with Gasteiger partial charge in [0.1, 0.15) is 9.84 Å². The van der Waals surface area contributed by atoms with E-state index in [4.69, 9.17) is 5.73 Å². The van der Waals surface area contributed by atoms with Crippen LogP contribution in [0.1, 0.15) is 26.7 Å². The molecule has 1 saturated heterocycles. The van der Waals surface area contributed by atoms with E-state index in [0.29, 0.717) is 25.3 Å². The molecule has 0 bridgehead atoms. The van der Waals surface area contributed by atoms with Crippen LogP contribution >= 0.6 is 0 Å². The molecule has 0 aromatic rings. The zero-order valence-electron chi connectivity index (χ0n) is 9.62. The van der Waals surface area contributed by atoms with Crippen LogP contribution in [0, 0.1) is 5.92 Å². The maximum absolute atomic E-state index is 11.3. The van der Waals surface area contributed by atoms with Gasteiger partial charge in [0, 0.05) is 12.1 Å². The van der Waals surface area contributed by atoms with E-state index < -0.39 is 9.84 Å². The average molecular weight is 234 g/mol. The molecular formula is C10H22N2O2S. The van der Waals surface area contributed by atoms with E-state index in [-0.39, 0.29) is 17.0 Å². The Labute approximate surface area is 92.5 Å². The lowest BCUT2D eigenvalue weighted by Crippen LogP contribution is -2.56. The Morgan fingerprint density at radius 3 is 2.27 bits per heavy atom. The first-order valence-corrected chi connectivity index (χ1v) is 7.37. The van der Waals surface area contributed by atoms with Gasteiger partial charge in [-0.05, 0) is 25.3 Å². The van der Waals surface area contributed by atoms with Crippen LogP contribution in [0.5, 0.6) is 0 Å². The summed E-state index contributed by atoms with van der Waals surface area (Å²) in [4.78, 5) is 0. The third-order valence-electron chi connectivity index (χ3n) is 3.06. The molecule has 0 saturated carbocycles. The Balaban J connectivity index is 2.56. The first kappa shape index (κ1) is 12.9. The van der Waals surface area contributed by atoms with E-state index in [1.807, 2.05) is 0 Å². The number of hydrogen-bond acceptors (Lipinski definition) is 4. The summed E-state index contributed by atoms with van der Waals surface area (Å²) in [5.74, 6) is 1.11. The summed E-state index contributed by atoms with van der Waals surface area (Å²) < 4.78 is 22.6. The Morgan fingerprint density at radius 1 is 1.33 bits per heavy atom. The van der Waals surface area contributed by atoms with Crippen LogP contribution in [0.25, 0.3) is 0 Å². The van der Waals surface area contributed by atoms with E-state index >= 15 is 0 Å². The molecule has 0 aromatic carbocycles. The summed E-state index contributed by atoms with van der Waals surface area (Å²) in [6.45, 7) is 5.69. The van der Waals surface area contributed by atoms with E-state index in [1.54, 1.807) is 0 Å². The smallest absolute Gasteiger partial charge is 0.150 e. The largest absolute Gasteiger partial charge is 0.329 e. The maximum atomic E-state index is 11.3. The highest BCUT2D eigenvalue weighted by Gasteiger charge is 2.35. The molecule has 1 aliphatic rings. The fraction of sp³-hybridized carbons (Fsp3) is 1.00. The standard InChI is InChI=1S/C10H22N2O2S/c1-9(2)7-12-10(8-11)3-5-15(13,14)6-4-10/h9,12H,3-8,11H2,1-2H3. The third-order valence-corrected chi connectivity index (χ3v) is 4.71. The van der Waals surface area contributed by atoms with Crippen LogP contribution in [0.4, 0.5) is 0 Å². The van der Waals surface area contributed by atoms with E-state index in [2.05, 4.69) is 19.2 Å². The monoisotopic (exact) mass is 234 g/mol. The summed E-state index contributed by atoms with van der Waals surface area (Å²) in [6, 6.07) is 0. The SMILES string of the molecule is CC(C)CNC1(CN)CCS(=O)(=O)CC1. The van der Waals surface area contributed by atoms with Gasteiger partial charge in [0.2, 0.25) is 0 Å². The van der Waals surface area contributed by atoms with Crippen molar-refractivity contribution in [2.24, 2.45) is 11.7 Å². The summed E-state index contributed by atoms with van der Waals surface area (Å²) >= 11 is 0. The van der Waals surface area contributed by atoms with Gasteiger partial charge in [-0.1, -0.05) is 13.8 Å². The predicted octanol–water partition coefficient (Wildman–Crippen LogP) is 0.138. The minimum atomic E-state index is -2.80. The lowest BCUT2D eigenvalue weighted by molar-refractivity contribution is 0.289. The van der Waals surface area contributed by atoms with Gasteiger partial charge in [-0.2, -0.15) is 0 Å². The van der Waals surface area contributed by atoms with Gasteiger partial charge in [-0.25, -0.2) is 8.42 Å². The van der Waals surface area contributed by atoms with Crippen molar-refractivity contribution in [3.05, 3.63) is 0 Å². The van der Waals surface area contributed by atoms with Crippen LogP contribution in [0.15, 0.2) is 0 Å². The van der Waals surface area contributed by atoms with Crippen molar-refractivity contribution < 1.29 is 8.42 Å². The van der Waals surface area contributed by atoms with Crippen LogP contribution in [-0.4, -0.2) is 38.6 Å². The molecule has 0 atom stereocenters. The number of hydrogen-bond donors (Lipinski definition) is 2. The molecule has 1 aliphatic heterocycles. The highest BCUT2D eigenvalue weighted by atomic mass is 32.2. The van der Waals surface area contributed by atoms with Crippen molar-refractivity contribution in [2.75, 3.05) is 24.6 Å². The molecule has 0 aromatic heterocycles. The normalized spacial score (nSPS) is 24.3. The topological polar surface area (TPSA) is 72.2 Å². The summed E-state index contributed by atoms with van der Waals surface area (Å²) in [5.41, 5.74) is 5.61. The Kier molecular flexibility index (Phi) is 4.14. The molecule has 0 amide bonds. The van der Waals surface area contributed by atoms with Crippen molar-refractivity contribution in [1.29, 1.82) is 0 Å². The molecule has 90 valence electrons. The molecule has 1 fully saturated rings. The molecule has 0 spiro atoms. The number of rotatable bonds is 4. The van der Waals surface area contributed by atoms with Gasteiger partial charge in [-0.15, -0.1) is 0 Å². The van der Waals surface area contributed by atoms with Gasteiger partial charge in [0.15, 0.2) is 0 Å². The van der Waals surface area contributed by atoms with Gasteiger partial charge < -0.3 is 11.1 Å². The predicted molar refractivity (Wildman–Crippen MR) is 62.5 cm³/mol. The highest BCUT2D eigenvalue weighted by molar-refractivity contribution is 7.91. The number of nitrogens with one attached hydrogen (secondary N) is 1. The molecule has 3 N–H and O–H groups in total. The van der Waals surface area contributed by atoms with Crippen LogP contribution in [-0.2, 0) is 9.84 Å². The van der Waals surface area contributed by atoms with Crippen molar-refractivity contribution in [2.45, 2.75) is 32.2 Å². The van der Waals surface area contributed by atoms with Crippen molar-refractivity contribution >= 4 is 9.84 Å². The Morgan fingerprint density at radius 2 is 1.87 bits per heavy atom. The number of sulfone groups is 1. The van der Waals surface area contributed by atoms with Gasteiger partial charge >= 0.3 is 0 Å². The lowest BCUT2D eigenvalue weighted by Gasteiger charge is -2.37. The molecule has 15 heavy (non-hydrogen) atoms. The van der Waals surface area contributed by atoms with Gasteiger partial charge in [0.05, 0.1) is 11.5 Å². The van der Waals surface area contributed by atoms with Gasteiger partial charge in [0.25, 0.3) is 0 Å². The first-order chi connectivity index (χ1) is 6.89. The maximum Gasteiger partial charge on any atom is 0.150 e. The fourth-order valence-electron chi connectivity index (χ4n) is 1.80. The third kappa shape index (κ3) is 3.74. The fourth-order valence-corrected chi connectivity index (χ4v) is 3.41. The molecule has 0 unspecified atom stereocenters. The van der Waals surface area contributed by atoms with Crippen molar-refractivity contribution in [3.63, 3.8) is 0 Å². The molecule has 4 nitrogen and oxygen atoms in total. The molecule has 0 aliphatic carbocycles. The van der Waals surface area contributed by atoms with Crippen molar-refractivity contribution in [3.8, 4) is 0 Å². The first-order valence-electron chi connectivity index (χ1n) is 5.55. The average Bonchev–Trinajstić information content (AvgIpc) is 2.17. The molecule has 5 heteroatoms. The minimum absolute atomic E-state index is 0.143. The van der Waals surface area contributed by atoms with Crippen LogP contribution in [0.3, 0.4) is 0 Å². The summed E-state index contributed by atoms with van der Waals surface area (Å²) in [6.07, 6.45) is 1.30. The zero-order chi connectivity index (χ0) is 11.5. The Bertz CT molecular complexity index is 285. The van der Waals surface area contributed by atoms with Crippen LogP contribution < -0.4 is 11.1 Å². The zero-order valence-corrected chi connectivity index (χ0v) is 10.4. The summed E-state index contributed by atoms with van der Waals surface area (Å²) in [7, 11) is -2.80. The Hall–Kier alpha value is -0.130. The second-order valence-electron chi connectivity index (χ2n) is 4.91. The molecule has 0 radical (unpaired) electrons. The molecule has 1 rings (SSSR count). The molecular weight excluding hydrogens is 212 g/mol. The second kappa shape index (κ2) is 4.80. The molecule has 1 heterocycles. The van der Waals surface area contributed by atoms with E-state index in [1.165, 1.54) is 0 Å². The van der Waals surface area contributed by atoms with E-state index in [9.17, 15) is 8.42 Å². The summed E-state index contributed by atoms with van der Waals surface area (Å²) in [5, 5.41) is 3.43. The number of nitrogens with two attached hydrogens (primary N) is 1. The van der Waals surface area contributed by atoms with E-state index in [0.717, 1.165) is 6.54 Å². The van der Waals surface area contributed by atoms with Crippen LogP contribution in [0.2, 0.25) is 0 Å². The second-order valence-corrected chi connectivity index (χ2v) is 7.21. The quantitative estimate of drug-likeness (QED) is 0.725. The minimum Gasteiger partial charge on any atom is -0.329 e. The highest BCUT2D eigenvalue weighted by Crippen LogP contribution is 2.22. The van der Waals surface area contributed by atoms with Gasteiger partial charge in [-0.3, -0.25) is 0 Å². The van der Waals surface area contributed by atoms with Crippen molar-refractivity contribution in [1.82, 2.24) is 5.32 Å². The lowest BCUT2D eigenvalue weighted by atomic mass is 9.92.